The van der Waals surface area contributed by atoms with Gasteiger partial charge in [0.15, 0.2) is 11.5 Å². The summed E-state index contributed by atoms with van der Waals surface area (Å²) >= 11 is 0. The smallest absolute Gasteiger partial charge is 0.222 e. The number of nitrogen functional groups attached to an aromatic ring is 2. The molecule has 0 atom stereocenters. The summed E-state index contributed by atoms with van der Waals surface area (Å²) in [7, 11) is 2.16. The minimum atomic E-state index is 0.166. The zero-order valence-electron chi connectivity index (χ0n) is 14.1. The second-order valence-electron chi connectivity index (χ2n) is 7.06. The molecule has 1 aromatic carbocycles. The van der Waals surface area contributed by atoms with Crippen molar-refractivity contribution in [3.05, 3.63) is 35.5 Å². The highest BCUT2D eigenvalue weighted by Crippen LogP contribution is 2.31. The van der Waals surface area contributed by atoms with Crippen molar-refractivity contribution in [3.63, 3.8) is 0 Å². The molecule has 24 heavy (non-hydrogen) atoms. The Kier molecular flexibility index (Phi) is 3.05. The highest BCUT2D eigenvalue weighted by atomic mass is 15.3. The summed E-state index contributed by atoms with van der Waals surface area (Å²) in [5, 5.41) is 5.13. The fourth-order valence-corrected chi connectivity index (χ4v) is 3.25. The number of aromatic nitrogens is 4. The van der Waals surface area contributed by atoms with Crippen molar-refractivity contribution in [3.8, 4) is 5.69 Å². The highest BCUT2D eigenvalue weighted by molar-refractivity contribution is 5.87. The summed E-state index contributed by atoms with van der Waals surface area (Å²) in [5.41, 5.74) is 16.1. The molecule has 4 rings (SSSR count). The van der Waals surface area contributed by atoms with Gasteiger partial charge in [0, 0.05) is 18.3 Å². The SMILES string of the molecule is CN1Cc2cc(-n3nc(N)c4cnc(N)nc43)ccc2CC1(C)C. The number of hydrogen-bond acceptors (Lipinski definition) is 6. The molecule has 1 aliphatic heterocycles. The first-order chi connectivity index (χ1) is 11.3. The van der Waals surface area contributed by atoms with Gasteiger partial charge >= 0.3 is 0 Å². The van der Waals surface area contributed by atoms with E-state index in [0.29, 0.717) is 16.9 Å². The average molecular weight is 323 g/mol. The van der Waals surface area contributed by atoms with Crippen LogP contribution in [0.15, 0.2) is 24.4 Å². The molecule has 4 N–H and O–H groups in total. The molecule has 0 unspecified atom stereocenters. The molecule has 0 saturated heterocycles. The molecular formula is C17H21N7. The van der Waals surface area contributed by atoms with Crippen LogP contribution in [-0.2, 0) is 13.0 Å². The van der Waals surface area contributed by atoms with E-state index in [9.17, 15) is 0 Å². The largest absolute Gasteiger partial charge is 0.382 e. The van der Waals surface area contributed by atoms with E-state index in [1.54, 1.807) is 10.9 Å². The van der Waals surface area contributed by atoms with Crippen LogP contribution >= 0.6 is 0 Å². The highest BCUT2D eigenvalue weighted by Gasteiger charge is 2.30. The normalized spacial score (nSPS) is 17.1. The Morgan fingerprint density at radius 3 is 2.75 bits per heavy atom. The fraction of sp³-hybridized carbons (Fsp3) is 0.353. The third-order valence-electron chi connectivity index (χ3n) is 4.97. The molecule has 0 amide bonds. The van der Waals surface area contributed by atoms with E-state index in [1.807, 2.05) is 0 Å². The van der Waals surface area contributed by atoms with Crippen molar-refractivity contribution in [2.24, 2.45) is 0 Å². The molecule has 1 aliphatic rings. The number of likely N-dealkylation sites (N-methyl/N-ethyl adjacent to an activating group) is 1. The minimum Gasteiger partial charge on any atom is -0.382 e. The van der Waals surface area contributed by atoms with Gasteiger partial charge in [-0.05, 0) is 50.6 Å². The van der Waals surface area contributed by atoms with Gasteiger partial charge in [0.05, 0.1) is 11.1 Å². The molecule has 0 saturated carbocycles. The fourth-order valence-electron chi connectivity index (χ4n) is 3.25. The second-order valence-corrected chi connectivity index (χ2v) is 7.06. The monoisotopic (exact) mass is 323 g/mol. The van der Waals surface area contributed by atoms with Crippen molar-refractivity contribution < 1.29 is 0 Å². The summed E-state index contributed by atoms with van der Waals surface area (Å²) in [5.74, 6) is 0.615. The molecule has 0 fully saturated rings. The Labute approximate surface area is 140 Å². The summed E-state index contributed by atoms with van der Waals surface area (Å²) in [4.78, 5) is 10.7. The predicted molar refractivity (Wildman–Crippen MR) is 94.7 cm³/mol. The summed E-state index contributed by atoms with van der Waals surface area (Å²) in [6.45, 7) is 5.44. The average Bonchev–Trinajstić information content (AvgIpc) is 2.84. The lowest BCUT2D eigenvalue weighted by molar-refractivity contribution is 0.133. The lowest BCUT2D eigenvalue weighted by atomic mass is 9.86. The number of fused-ring (bicyclic) bond motifs is 2. The molecule has 2 aromatic heterocycles. The van der Waals surface area contributed by atoms with Crippen molar-refractivity contribution in [1.29, 1.82) is 0 Å². The Hall–Kier alpha value is -2.67. The lowest BCUT2D eigenvalue weighted by Gasteiger charge is -2.41. The van der Waals surface area contributed by atoms with Crippen LogP contribution < -0.4 is 11.5 Å². The number of rotatable bonds is 1. The number of anilines is 2. The van der Waals surface area contributed by atoms with Crippen LogP contribution in [0.4, 0.5) is 11.8 Å². The Morgan fingerprint density at radius 1 is 1.17 bits per heavy atom. The maximum Gasteiger partial charge on any atom is 0.222 e. The van der Waals surface area contributed by atoms with E-state index in [-0.39, 0.29) is 11.5 Å². The standard InChI is InChI=1S/C17H21N7/c1-17(2)7-10-4-5-12(6-11(10)9-23(17)3)24-15-13(14(18)22-24)8-20-16(19)21-15/h4-6,8H,7,9H2,1-3H3,(H2,18,22)(H2,19,20,21). The van der Waals surface area contributed by atoms with Crippen LogP contribution in [-0.4, -0.2) is 37.2 Å². The molecule has 0 radical (unpaired) electrons. The van der Waals surface area contributed by atoms with Crippen LogP contribution in [0.25, 0.3) is 16.7 Å². The predicted octanol–water partition coefficient (Wildman–Crippen LogP) is 1.75. The Balaban J connectivity index is 1.85. The maximum absolute atomic E-state index is 6.00. The van der Waals surface area contributed by atoms with Gasteiger partial charge < -0.3 is 11.5 Å². The molecule has 7 heteroatoms. The Bertz CT molecular complexity index is 942. The summed E-state index contributed by atoms with van der Waals surface area (Å²) < 4.78 is 1.74. The number of hydrogen-bond donors (Lipinski definition) is 2. The van der Waals surface area contributed by atoms with E-state index in [0.717, 1.165) is 18.7 Å². The van der Waals surface area contributed by atoms with Crippen molar-refractivity contribution in [2.75, 3.05) is 18.5 Å². The first-order valence-corrected chi connectivity index (χ1v) is 7.95. The molecular weight excluding hydrogens is 302 g/mol. The van der Waals surface area contributed by atoms with Gasteiger partial charge in [0.1, 0.15) is 0 Å². The van der Waals surface area contributed by atoms with Gasteiger partial charge in [0.25, 0.3) is 0 Å². The van der Waals surface area contributed by atoms with Gasteiger partial charge in [-0.15, -0.1) is 5.10 Å². The van der Waals surface area contributed by atoms with Crippen LogP contribution in [0.1, 0.15) is 25.0 Å². The molecule has 124 valence electrons. The first kappa shape index (κ1) is 14.9. The number of benzene rings is 1. The zero-order valence-corrected chi connectivity index (χ0v) is 14.1. The van der Waals surface area contributed by atoms with Gasteiger partial charge in [-0.25, -0.2) is 9.67 Å². The van der Waals surface area contributed by atoms with Gasteiger partial charge in [0.2, 0.25) is 5.95 Å². The van der Waals surface area contributed by atoms with Crippen LogP contribution in [0.3, 0.4) is 0 Å². The third-order valence-corrected chi connectivity index (χ3v) is 4.97. The minimum absolute atomic E-state index is 0.166. The Morgan fingerprint density at radius 2 is 1.96 bits per heavy atom. The van der Waals surface area contributed by atoms with Crippen molar-refractivity contribution in [2.45, 2.75) is 32.4 Å². The lowest BCUT2D eigenvalue weighted by Crippen LogP contribution is -2.45. The topological polar surface area (TPSA) is 98.9 Å². The number of nitrogens with zero attached hydrogens (tertiary/aromatic N) is 5. The van der Waals surface area contributed by atoms with E-state index < -0.39 is 0 Å². The van der Waals surface area contributed by atoms with Crippen LogP contribution in [0.2, 0.25) is 0 Å². The molecule has 0 bridgehead atoms. The van der Waals surface area contributed by atoms with E-state index in [1.165, 1.54) is 11.1 Å². The molecule has 3 aromatic rings. The van der Waals surface area contributed by atoms with Crippen molar-refractivity contribution >= 4 is 22.8 Å². The second kappa shape index (κ2) is 4.91. The molecule has 3 heterocycles. The summed E-state index contributed by atoms with van der Waals surface area (Å²) in [6, 6.07) is 6.39. The van der Waals surface area contributed by atoms with E-state index in [2.05, 4.69) is 59.1 Å². The van der Waals surface area contributed by atoms with Crippen molar-refractivity contribution in [1.82, 2.24) is 24.6 Å². The molecule has 0 aliphatic carbocycles. The summed E-state index contributed by atoms with van der Waals surface area (Å²) in [6.07, 6.45) is 2.64. The number of nitrogens with two attached hydrogens (primary N) is 2. The van der Waals surface area contributed by atoms with Gasteiger partial charge in [-0.1, -0.05) is 6.07 Å². The van der Waals surface area contributed by atoms with E-state index in [4.69, 9.17) is 11.5 Å². The molecule has 7 nitrogen and oxygen atoms in total. The molecule has 0 spiro atoms. The van der Waals surface area contributed by atoms with E-state index >= 15 is 0 Å². The quantitative estimate of drug-likeness (QED) is 0.708. The van der Waals surface area contributed by atoms with Gasteiger partial charge in [-0.3, -0.25) is 4.90 Å². The van der Waals surface area contributed by atoms with Crippen LogP contribution in [0.5, 0.6) is 0 Å². The first-order valence-electron chi connectivity index (χ1n) is 7.95. The van der Waals surface area contributed by atoms with Gasteiger partial charge in [-0.2, -0.15) is 4.98 Å². The zero-order chi connectivity index (χ0) is 17.1. The maximum atomic E-state index is 6.00. The van der Waals surface area contributed by atoms with Crippen LogP contribution in [0, 0.1) is 0 Å². The third kappa shape index (κ3) is 2.20.